The minimum Gasteiger partial charge on any atom is -0.481 e. The first kappa shape index (κ1) is 15.6. The van der Waals surface area contributed by atoms with Crippen molar-refractivity contribution in [1.29, 1.82) is 0 Å². The third kappa shape index (κ3) is 3.84. The summed E-state index contributed by atoms with van der Waals surface area (Å²) in [5, 5.41) is 11.6. The molecule has 0 aromatic heterocycles. The van der Waals surface area contributed by atoms with Gasteiger partial charge in [-0.2, -0.15) is 0 Å². The van der Waals surface area contributed by atoms with Crippen LogP contribution in [-0.2, 0) is 9.59 Å². The number of likely N-dealkylation sites (N-methyl/N-ethyl adjacent to an activating group) is 1. The molecule has 2 heterocycles. The van der Waals surface area contributed by atoms with E-state index in [1.54, 1.807) is 4.90 Å². The van der Waals surface area contributed by atoms with Gasteiger partial charge in [0.05, 0.1) is 6.42 Å². The van der Waals surface area contributed by atoms with Crippen LogP contribution in [0.3, 0.4) is 0 Å². The molecule has 2 aliphatic heterocycles. The van der Waals surface area contributed by atoms with Crippen LogP contribution in [0.5, 0.6) is 0 Å². The number of nitrogens with one attached hydrogen (secondary N) is 1. The van der Waals surface area contributed by atoms with Crippen LogP contribution in [0.1, 0.15) is 12.8 Å². The van der Waals surface area contributed by atoms with Gasteiger partial charge >= 0.3 is 12.0 Å². The van der Waals surface area contributed by atoms with Crippen molar-refractivity contribution in [3.05, 3.63) is 0 Å². The molecule has 0 saturated carbocycles. The van der Waals surface area contributed by atoms with E-state index in [-0.39, 0.29) is 18.4 Å². The summed E-state index contributed by atoms with van der Waals surface area (Å²) < 4.78 is 0. The molecule has 2 aliphatic rings. The Morgan fingerprint density at radius 1 is 1.24 bits per heavy atom. The number of nitrogens with zero attached hydrogens (tertiary/aromatic N) is 3. The molecule has 1 atom stereocenters. The van der Waals surface area contributed by atoms with E-state index < -0.39 is 12.0 Å². The molecular weight excluding hydrogens is 276 g/mol. The highest BCUT2D eigenvalue weighted by molar-refractivity contribution is 5.91. The SMILES string of the molecule is CN1CCCN(C(=O)N2CCNC(=O)C2CC(=O)O)CC1. The fraction of sp³-hybridized carbons (Fsp3) is 0.769. The minimum atomic E-state index is -1.08. The highest BCUT2D eigenvalue weighted by Crippen LogP contribution is 2.14. The van der Waals surface area contributed by atoms with Crippen molar-refractivity contribution in [2.75, 3.05) is 46.3 Å². The van der Waals surface area contributed by atoms with Crippen LogP contribution >= 0.6 is 0 Å². The predicted octanol–water partition coefficient (Wildman–Crippen LogP) is -0.981. The second kappa shape index (κ2) is 6.75. The van der Waals surface area contributed by atoms with Gasteiger partial charge in [-0.3, -0.25) is 9.59 Å². The summed E-state index contributed by atoms with van der Waals surface area (Å²) in [5.74, 6) is -1.46. The van der Waals surface area contributed by atoms with Gasteiger partial charge in [0.2, 0.25) is 5.91 Å². The molecule has 0 aliphatic carbocycles. The summed E-state index contributed by atoms with van der Waals surface area (Å²) in [5.41, 5.74) is 0. The van der Waals surface area contributed by atoms with Crippen LogP contribution in [0.4, 0.5) is 4.79 Å². The Hall–Kier alpha value is -1.83. The third-order valence-electron chi connectivity index (χ3n) is 3.93. The Morgan fingerprint density at radius 3 is 2.71 bits per heavy atom. The normalized spacial score (nSPS) is 24.4. The largest absolute Gasteiger partial charge is 0.481 e. The fourth-order valence-electron chi connectivity index (χ4n) is 2.73. The second-order valence-electron chi connectivity index (χ2n) is 5.52. The molecule has 0 aromatic carbocycles. The molecule has 2 rings (SSSR count). The number of carboxylic acid groups (broad SMARTS) is 1. The first-order valence-corrected chi connectivity index (χ1v) is 7.22. The van der Waals surface area contributed by atoms with Gasteiger partial charge in [0.25, 0.3) is 0 Å². The smallest absolute Gasteiger partial charge is 0.320 e. The molecule has 118 valence electrons. The number of hydrogen-bond donors (Lipinski definition) is 2. The number of piperazine rings is 1. The first-order valence-electron chi connectivity index (χ1n) is 7.22. The molecule has 0 aromatic rings. The zero-order valence-electron chi connectivity index (χ0n) is 12.2. The lowest BCUT2D eigenvalue weighted by molar-refractivity contribution is -0.142. The van der Waals surface area contributed by atoms with Gasteiger partial charge in [0, 0.05) is 32.7 Å². The number of rotatable bonds is 2. The highest BCUT2D eigenvalue weighted by atomic mass is 16.4. The maximum Gasteiger partial charge on any atom is 0.320 e. The highest BCUT2D eigenvalue weighted by Gasteiger charge is 2.36. The van der Waals surface area contributed by atoms with Crippen molar-refractivity contribution < 1.29 is 19.5 Å². The van der Waals surface area contributed by atoms with Crippen molar-refractivity contribution in [3.8, 4) is 0 Å². The summed E-state index contributed by atoms with van der Waals surface area (Å²) >= 11 is 0. The van der Waals surface area contributed by atoms with Gasteiger partial charge < -0.3 is 25.1 Å². The van der Waals surface area contributed by atoms with E-state index in [4.69, 9.17) is 5.11 Å². The molecule has 8 heteroatoms. The van der Waals surface area contributed by atoms with Crippen LogP contribution in [0.2, 0.25) is 0 Å². The Labute approximate surface area is 123 Å². The molecule has 3 amide bonds. The van der Waals surface area contributed by atoms with Gasteiger partial charge in [0.1, 0.15) is 6.04 Å². The average Bonchev–Trinajstić information content (AvgIpc) is 2.65. The Kier molecular flexibility index (Phi) is 5.00. The molecule has 0 radical (unpaired) electrons. The minimum absolute atomic E-state index is 0.230. The Balaban J connectivity index is 2.07. The molecule has 21 heavy (non-hydrogen) atoms. The van der Waals surface area contributed by atoms with Gasteiger partial charge in [-0.15, -0.1) is 0 Å². The van der Waals surface area contributed by atoms with Crippen LogP contribution in [0.25, 0.3) is 0 Å². The van der Waals surface area contributed by atoms with E-state index >= 15 is 0 Å². The van der Waals surface area contributed by atoms with Gasteiger partial charge in [-0.1, -0.05) is 0 Å². The number of carbonyl (C=O) groups excluding carboxylic acids is 2. The zero-order chi connectivity index (χ0) is 15.4. The quantitative estimate of drug-likeness (QED) is 0.683. The number of urea groups is 1. The number of hydrogen-bond acceptors (Lipinski definition) is 4. The van der Waals surface area contributed by atoms with E-state index in [0.29, 0.717) is 26.2 Å². The van der Waals surface area contributed by atoms with E-state index in [1.165, 1.54) is 4.90 Å². The molecule has 2 N–H and O–H groups in total. The lowest BCUT2D eigenvalue weighted by Crippen LogP contribution is -2.60. The van der Waals surface area contributed by atoms with Crippen LogP contribution in [0.15, 0.2) is 0 Å². The molecular formula is C13H22N4O4. The maximum atomic E-state index is 12.6. The number of carbonyl (C=O) groups is 3. The molecule has 0 bridgehead atoms. The average molecular weight is 298 g/mol. The number of aliphatic carboxylic acids is 1. The molecule has 2 saturated heterocycles. The molecule has 0 spiro atoms. The van der Waals surface area contributed by atoms with Crippen molar-refractivity contribution >= 4 is 17.9 Å². The van der Waals surface area contributed by atoms with Crippen LogP contribution < -0.4 is 5.32 Å². The van der Waals surface area contributed by atoms with E-state index in [9.17, 15) is 14.4 Å². The Bertz CT molecular complexity index is 428. The number of carboxylic acids is 1. The van der Waals surface area contributed by atoms with Gasteiger partial charge in [-0.05, 0) is 20.0 Å². The topological polar surface area (TPSA) is 93.2 Å². The first-order chi connectivity index (χ1) is 9.99. The maximum absolute atomic E-state index is 12.6. The monoisotopic (exact) mass is 298 g/mol. The summed E-state index contributed by atoms with van der Waals surface area (Å²) in [6.07, 6.45) is 0.525. The van der Waals surface area contributed by atoms with E-state index in [2.05, 4.69) is 10.2 Å². The van der Waals surface area contributed by atoms with Gasteiger partial charge in [-0.25, -0.2) is 4.79 Å². The van der Waals surface area contributed by atoms with E-state index in [0.717, 1.165) is 19.5 Å². The summed E-state index contributed by atoms with van der Waals surface area (Å²) in [4.78, 5) is 40.7. The van der Waals surface area contributed by atoms with E-state index in [1.807, 2.05) is 7.05 Å². The molecule has 1 unspecified atom stereocenters. The van der Waals surface area contributed by atoms with Crippen molar-refractivity contribution in [2.45, 2.75) is 18.9 Å². The van der Waals surface area contributed by atoms with Crippen molar-refractivity contribution in [3.63, 3.8) is 0 Å². The predicted molar refractivity (Wildman–Crippen MR) is 74.8 cm³/mol. The Morgan fingerprint density at radius 2 is 2.00 bits per heavy atom. The second-order valence-corrected chi connectivity index (χ2v) is 5.52. The van der Waals surface area contributed by atoms with Crippen molar-refractivity contribution in [1.82, 2.24) is 20.0 Å². The molecule has 8 nitrogen and oxygen atoms in total. The van der Waals surface area contributed by atoms with Crippen molar-refractivity contribution in [2.24, 2.45) is 0 Å². The van der Waals surface area contributed by atoms with Crippen LogP contribution in [-0.4, -0.2) is 90.1 Å². The molecule has 2 fully saturated rings. The fourth-order valence-corrected chi connectivity index (χ4v) is 2.73. The zero-order valence-corrected chi connectivity index (χ0v) is 12.2. The van der Waals surface area contributed by atoms with Gasteiger partial charge in [0.15, 0.2) is 0 Å². The summed E-state index contributed by atoms with van der Waals surface area (Å²) in [7, 11) is 2.01. The summed E-state index contributed by atoms with van der Waals surface area (Å²) in [6, 6.07) is -1.14. The van der Waals surface area contributed by atoms with Crippen LogP contribution in [0, 0.1) is 0 Å². The lowest BCUT2D eigenvalue weighted by Gasteiger charge is -2.37. The third-order valence-corrected chi connectivity index (χ3v) is 3.93. The number of amides is 3. The standard InChI is InChI=1S/C13H22N4O4/c1-15-4-2-5-16(8-7-15)13(21)17-6-3-14-12(20)10(17)9-11(18)19/h10H,2-9H2,1H3,(H,14,20)(H,18,19). The lowest BCUT2D eigenvalue weighted by atomic mass is 10.1. The summed E-state index contributed by atoms with van der Waals surface area (Å²) in [6.45, 7) is 3.69.